The van der Waals surface area contributed by atoms with E-state index in [1.54, 1.807) is 11.8 Å². The second-order valence-corrected chi connectivity index (χ2v) is 10.2. The van der Waals surface area contributed by atoms with Crippen LogP contribution < -0.4 is 5.32 Å². The van der Waals surface area contributed by atoms with Gasteiger partial charge in [0.05, 0.1) is 11.0 Å². The van der Waals surface area contributed by atoms with Crippen molar-refractivity contribution in [2.24, 2.45) is 0 Å². The predicted octanol–water partition coefficient (Wildman–Crippen LogP) is 3.21. The average molecular weight is 427 g/mol. The molecule has 0 radical (unpaired) electrons. The molecule has 1 aromatic carbocycles. The number of rotatable bonds is 2. The Kier molecular flexibility index (Phi) is 5.53. The van der Waals surface area contributed by atoms with Gasteiger partial charge in [-0.2, -0.15) is 0 Å². The van der Waals surface area contributed by atoms with E-state index in [2.05, 4.69) is 39.5 Å². The Morgan fingerprint density at radius 3 is 2.76 bits per heavy atom. The molecule has 5 nitrogen and oxygen atoms in total. The third-order valence-corrected chi connectivity index (χ3v) is 7.81. The molecular formula is C18H23BrN2O3S. The van der Waals surface area contributed by atoms with Gasteiger partial charge in [-0.15, -0.1) is 0 Å². The third kappa shape index (κ3) is 4.44. The quantitative estimate of drug-likeness (QED) is 0.788. The highest BCUT2D eigenvalue weighted by molar-refractivity contribution is 9.10. The highest BCUT2D eigenvalue weighted by Gasteiger charge is 2.32. The maximum Gasteiger partial charge on any atom is 0.317 e. The number of carbonyl (C=O) groups is 1. The number of hydrogen-bond acceptors (Lipinski definition) is 3. The van der Waals surface area contributed by atoms with E-state index >= 15 is 0 Å². The number of amides is 2. The molecule has 3 rings (SSSR count). The monoisotopic (exact) mass is 426 g/mol. The zero-order valence-electron chi connectivity index (χ0n) is 14.2. The van der Waals surface area contributed by atoms with Crippen LogP contribution in [0.3, 0.4) is 0 Å². The summed E-state index contributed by atoms with van der Waals surface area (Å²) in [4.78, 5) is 14.2. The molecule has 2 aliphatic rings. The van der Waals surface area contributed by atoms with Crippen molar-refractivity contribution in [2.75, 3.05) is 18.8 Å². The van der Waals surface area contributed by atoms with Gasteiger partial charge in [-0.3, -0.25) is 0 Å². The predicted molar refractivity (Wildman–Crippen MR) is 103 cm³/mol. The van der Waals surface area contributed by atoms with Gasteiger partial charge in [0.1, 0.15) is 0 Å². The minimum Gasteiger partial charge on any atom is -0.334 e. The van der Waals surface area contributed by atoms with E-state index in [0.29, 0.717) is 19.5 Å². The SMILES string of the molecule is CC1CCC(NC(=O)N2CC=C(c3cccc(Br)c3)CC2)CS1(=O)=O. The fraction of sp³-hybridized carbons (Fsp3) is 0.500. The fourth-order valence-corrected chi connectivity index (χ4v) is 5.36. The largest absolute Gasteiger partial charge is 0.334 e. The maximum absolute atomic E-state index is 12.4. The van der Waals surface area contributed by atoms with Gasteiger partial charge in [-0.05, 0) is 49.5 Å². The lowest BCUT2D eigenvalue weighted by Gasteiger charge is -2.31. The van der Waals surface area contributed by atoms with Gasteiger partial charge in [0.15, 0.2) is 9.84 Å². The molecule has 136 valence electrons. The van der Waals surface area contributed by atoms with Crippen molar-refractivity contribution in [3.8, 4) is 0 Å². The molecule has 25 heavy (non-hydrogen) atoms. The van der Waals surface area contributed by atoms with Crippen molar-refractivity contribution in [3.63, 3.8) is 0 Å². The van der Waals surface area contributed by atoms with Gasteiger partial charge in [-0.25, -0.2) is 13.2 Å². The Bertz CT molecular complexity index is 791. The minimum absolute atomic E-state index is 0.0485. The van der Waals surface area contributed by atoms with Gasteiger partial charge >= 0.3 is 6.03 Å². The molecule has 1 saturated heterocycles. The number of benzene rings is 1. The lowest BCUT2D eigenvalue weighted by molar-refractivity contribution is 0.198. The highest BCUT2D eigenvalue weighted by atomic mass is 79.9. The Morgan fingerprint density at radius 1 is 1.32 bits per heavy atom. The molecule has 1 aromatic rings. The lowest BCUT2D eigenvalue weighted by atomic mass is 10.00. The summed E-state index contributed by atoms with van der Waals surface area (Å²) in [6.07, 6.45) is 4.20. The second-order valence-electron chi connectivity index (χ2n) is 6.80. The fourth-order valence-electron chi connectivity index (χ4n) is 3.33. The van der Waals surface area contributed by atoms with Crippen molar-refractivity contribution >= 4 is 37.4 Å². The Morgan fingerprint density at radius 2 is 2.12 bits per heavy atom. The molecule has 0 aromatic heterocycles. The molecule has 0 aliphatic carbocycles. The molecule has 1 N–H and O–H groups in total. The third-order valence-electron chi connectivity index (χ3n) is 4.99. The van der Waals surface area contributed by atoms with E-state index < -0.39 is 9.84 Å². The van der Waals surface area contributed by atoms with Crippen molar-refractivity contribution in [1.29, 1.82) is 0 Å². The summed E-state index contributed by atoms with van der Waals surface area (Å²) in [6.45, 7) is 2.93. The van der Waals surface area contributed by atoms with E-state index in [-0.39, 0.29) is 23.1 Å². The zero-order valence-corrected chi connectivity index (χ0v) is 16.6. The number of nitrogens with one attached hydrogen (secondary N) is 1. The number of sulfone groups is 1. The summed E-state index contributed by atoms with van der Waals surface area (Å²) in [6, 6.07) is 7.70. The Labute approximate surface area is 157 Å². The van der Waals surface area contributed by atoms with Crippen LogP contribution in [-0.4, -0.2) is 49.5 Å². The van der Waals surface area contributed by atoms with Crippen molar-refractivity contribution in [3.05, 3.63) is 40.4 Å². The summed E-state index contributed by atoms with van der Waals surface area (Å²) < 4.78 is 25.0. The number of nitrogens with zero attached hydrogens (tertiary/aromatic N) is 1. The Hall–Kier alpha value is -1.34. The van der Waals surface area contributed by atoms with Crippen LogP contribution in [0.25, 0.3) is 5.57 Å². The first-order valence-electron chi connectivity index (χ1n) is 8.57. The zero-order chi connectivity index (χ0) is 18.0. The van der Waals surface area contributed by atoms with Crippen molar-refractivity contribution in [1.82, 2.24) is 10.2 Å². The number of halogens is 1. The second kappa shape index (κ2) is 7.50. The van der Waals surface area contributed by atoms with Crippen LogP contribution >= 0.6 is 15.9 Å². The van der Waals surface area contributed by atoms with Crippen LogP contribution in [0.5, 0.6) is 0 Å². The summed E-state index contributed by atoms with van der Waals surface area (Å²) in [5.41, 5.74) is 2.40. The van der Waals surface area contributed by atoms with Gasteiger partial charge in [0, 0.05) is 23.6 Å². The first-order chi connectivity index (χ1) is 11.8. The molecule has 0 saturated carbocycles. The first-order valence-corrected chi connectivity index (χ1v) is 11.1. The maximum atomic E-state index is 12.4. The molecule has 1 fully saturated rings. The topological polar surface area (TPSA) is 66.5 Å². The molecule has 2 aliphatic heterocycles. The smallest absolute Gasteiger partial charge is 0.317 e. The molecule has 7 heteroatoms. The van der Waals surface area contributed by atoms with Crippen LogP contribution in [0.2, 0.25) is 0 Å². The van der Waals surface area contributed by atoms with E-state index in [9.17, 15) is 13.2 Å². The van der Waals surface area contributed by atoms with Crippen molar-refractivity contribution < 1.29 is 13.2 Å². The lowest BCUT2D eigenvalue weighted by Crippen LogP contribution is -2.51. The van der Waals surface area contributed by atoms with Gasteiger partial charge in [0.2, 0.25) is 0 Å². The number of carbonyl (C=O) groups excluding carboxylic acids is 1. The number of urea groups is 1. The molecule has 0 bridgehead atoms. The van der Waals surface area contributed by atoms with E-state index in [0.717, 1.165) is 17.3 Å². The average Bonchev–Trinajstić information content (AvgIpc) is 2.58. The van der Waals surface area contributed by atoms with Crippen LogP contribution in [0.4, 0.5) is 4.79 Å². The van der Waals surface area contributed by atoms with E-state index in [1.807, 2.05) is 12.1 Å². The van der Waals surface area contributed by atoms with Crippen LogP contribution in [0, 0.1) is 0 Å². The first kappa shape index (κ1) is 18.5. The Balaban J connectivity index is 1.58. The molecule has 2 unspecified atom stereocenters. The molecule has 2 amide bonds. The molecule has 2 heterocycles. The molecule has 0 spiro atoms. The standard InChI is InChI=1S/C18H23BrN2O3S/c1-13-5-6-17(12-25(13,23)24)20-18(22)21-9-7-14(8-10-21)15-3-2-4-16(19)11-15/h2-4,7,11,13,17H,5-6,8-10,12H2,1H3,(H,20,22). The number of hydrogen-bond donors (Lipinski definition) is 1. The summed E-state index contributed by atoms with van der Waals surface area (Å²) in [5.74, 6) is 0.0485. The summed E-state index contributed by atoms with van der Waals surface area (Å²) in [7, 11) is -3.09. The molecule has 2 atom stereocenters. The highest BCUT2D eigenvalue weighted by Crippen LogP contribution is 2.25. The van der Waals surface area contributed by atoms with Crippen LogP contribution in [0.15, 0.2) is 34.8 Å². The van der Waals surface area contributed by atoms with Crippen molar-refractivity contribution in [2.45, 2.75) is 37.5 Å². The van der Waals surface area contributed by atoms with E-state index in [4.69, 9.17) is 0 Å². The normalized spacial score (nSPS) is 26.0. The van der Waals surface area contributed by atoms with Crippen LogP contribution in [-0.2, 0) is 9.84 Å². The van der Waals surface area contributed by atoms with Crippen LogP contribution in [0.1, 0.15) is 31.7 Å². The van der Waals surface area contributed by atoms with E-state index in [1.165, 1.54) is 11.1 Å². The molecular weight excluding hydrogens is 404 g/mol. The minimum atomic E-state index is -3.09. The summed E-state index contributed by atoms with van der Waals surface area (Å²) in [5, 5.41) is 2.60. The van der Waals surface area contributed by atoms with Gasteiger partial charge in [0.25, 0.3) is 0 Å². The van der Waals surface area contributed by atoms with Gasteiger partial charge in [-0.1, -0.05) is 34.1 Å². The summed E-state index contributed by atoms with van der Waals surface area (Å²) >= 11 is 3.48. The van der Waals surface area contributed by atoms with Gasteiger partial charge < -0.3 is 10.2 Å².